The third kappa shape index (κ3) is 2.87. The third-order valence-corrected chi connectivity index (χ3v) is 3.08. The topological polar surface area (TPSA) is 83.7 Å². The Labute approximate surface area is 108 Å². The van der Waals surface area contributed by atoms with Crippen molar-refractivity contribution in [2.45, 2.75) is 18.9 Å². The van der Waals surface area contributed by atoms with Gasteiger partial charge in [0.15, 0.2) is 0 Å². The number of non-ortho nitro benzene ring substituents is 1. The Balaban J connectivity index is 2.21. The van der Waals surface area contributed by atoms with Crippen molar-refractivity contribution in [3.05, 3.63) is 39.7 Å². The van der Waals surface area contributed by atoms with Gasteiger partial charge < -0.3 is 10.0 Å². The van der Waals surface area contributed by atoms with E-state index in [4.69, 9.17) is 0 Å². The van der Waals surface area contributed by atoms with Crippen LogP contribution in [0, 0.1) is 15.9 Å². The number of nitrogens with zero attached hydrogens (tertiary/aromatic N) is 2. The molecule has 0 radical (unpaired) electrons. The smallest absolute Gasteiger partial charge is 0.272 e. The molecular formula is C12H13FN2O4. The van der Waals surface area contributed by atoms with E-state index in [1.54, 1.807) is 0 Å². The Morgan fingerprint density at radius 1 is 1.53 bits per heavy atom. The van der Waals surface area contributed by atoms with Crippen LogP contribution in [0.25, 0.3) is 0 Å². The zero-order valence-electron chi connectivity index (χ0n) is 10.1. The number of amides is 1. The van der Waals surface area contributed by atoms with Crippen LogP contribution < -0.4 is 0 Å². The number of benzene rings is 1. The monoisotopic (exact) mass is 268 g/mol. The molecule has 102 valence electrons. The number of carbonyl (C=O) groups excluding carboxylic acids is 1. The van der Waals surface area contributed by atoms with E-state index >= 15 is 0 Å². The summed E-state index contributed by atoms with van der Waals surface area (Å²) in [7, 11) is 0. The molecule has 0 saturated carbocycles. The Morgan fingerprint density at radius 3 is 2.84 bits per heavy atom. The van der Waals surface area contributed by atoms with E-state index in [0.717, 1.165) is 18.2 Å². The standard InChI is InChI=1S/C12H13FN2O4/c13-11-6-8(15(18)19)3-4-10(11)12(17)14-5-1-2-9(16)7-14/h3-4,6,9,16H,1-2,5,7H2. The minimum Gasteiger partial charge on any atom is -0.391 e. The van der Waals surface area contributed by atoms with Crippen molar-refractivity contribution in [1.82, 2.24) is 4.90 Å². The van der Waals surface area contributed by atoms with E-state index in [9.17, 15) is 24.4 Å². The minimum atomic E-state index is -0.917. The van der Waals surface area contributed by atoms with Gasteiger partial charge in [-0.15, -0.1) is 0 Å². The van der Waals surface area contributed by atoms with E-state index in [1.807, 2.05) is 0 Å². The van der Waals surface area contributed by atoms with Crippen molar-refractivity contribution >= 4 is 11.6 Å². The molecule has 0 aromatic heterocycles. The number of piperidine rings is 1. The highest BCUT2D eigenvalue weighted by Gasteiger charge is 2.25. The Kier molecular flexibility index (Phi) is 3.75. The predicted octanol–water partition coefficient (Wildman–Crippen LogP) is 1.33. The van der Waals surface area contributed by atoms with Crippen LogP contribution in [0.3, 0.4) is 0 Å². The lowest BCUT2D eigenvalue weighted by atomic mass is 10.1. The summed E-state index contributed by atoms with van der Waals surface area (Å²) in [4.78, 5) is 23.2. The van der Waals surface area contributed by atoms with Crippen LogP contribution in [0.15, 0.2) is 18.2 Å². The van der Waals surface area contributed by atoms with Gasteiger partial charge in [-0.3, -0.25) is 14.9 Å². The molecule has 1 aliphatic rings. The fraction of sp³-hybridized carbons (Fsp3) is 0.417. The van der Waals surface area contributed by atoms with E-state index < -0.39 is 28.4 Å². The van der Waals surface area contributed by atoms with E-state index in [-0.39, 0.29) is 12.1 Å². The molecule has 0 spiro atoms. The number of halogens is 1. The van der Waals surface area contributed by atoms with E-state index in [2.05, 4.69) is 0 Å². The number of hydrogen-bond donors (Lipinski definition) is 1. The fourth-order valence-corrected chi connectivity index (χ4v) is 2.10. The highest BCUT2D eigenvalue weighted by Crippen LogP contribution is 2.20. The number of aliphatic hydroxyl groups excluding tert-OH is 1. The van der Waals surface area contributed by atoms with Gasteiger partial charge in [0.1, 0.15) is 5.82 Å². The number of aliphatic hydroxyl groups is 1. The van der Waals surface area contributed by atoms with Crippen molar-refractivity contribution in [3.63, 3.8) is 0 Å². The highest BCUT2D eigenvalue weighted by molar-refractivity contribution is 5.94. The first-order chi connectivity index (χ1) is 8.99. The molecule has 19 heavy (non-hydrogen) atoms. The Morgan fingerprint density at radius 2 is 2.26 bits per heavy atom. The molecule has 1 atom stereocenters. The van der Waals surface area contributed by atoms with Gasteiger partial charge in [-0.25, -0.2) is 4.39 Å². The molecule has 7 heteroatoms. The van der Waals surface area contributed by atoms with Gasteiger partial charge in [0.2, 0.25) is 0 Å². The van der Waals surface area contributed by atoms with Crippen LogP contribution in [0.4, 0.5) is 10.1 Å². The number of likely N-dealkylation sites (tertiary alicyclic amines) is 1. The number of rotatable bonds is 2. The van der Waals surface area contributed by atoms with Crippen LogP contribution in [-0.2, 0) is 0 Å². The maximum absolute atomic E-state index is 13.7. The van der Waals surface area contributed by atoms with Gasteiger partial charge in [0.05, 0.1) is 22.7 Å². The van der Waals surface area contributed by atoms with Crippen LogP contribution in [0.2, 0.25) is 0 Å². The number of β-amino-alcohol motifs (C(OH)–C–C–N with tert-alkyl or cyclic N) is 1. The molecule has 0 bridgehead atoms. The molecule has 1 amide bonds. The largest absolute Gasteiger partial charge is 0.391 e. The number of hydrogen-bond acceptors (Lipinski definition) is 4. The van der Waals surface area contributed by atoms with Crippen molar-refractivity contribution in [2.75, 3.05) is 13.1 Å². The summed E-state index contributed by atoms with van der Waals surface area (Å²) in [5, 5.41) is 20.0. The summed E-state index contributed by atoms with van der Waals surface area (Å²) >= 11 is 0. The summed E-state index contributed by atoms with van der Waals surface area (Å²) in [6.07, 6.45) is 0.674. The normalized spacial score (nSPS) is 19.3. The summed E-state index contributed by atoms with van der Waals surface area (Å²) in [5.41, 5.74) is -0.604. The second-order valence-corrected chi connectivity index (χ2v) is 4.47. The lowest BCUT2D eigenvalue weighted by molar-refractivity contribution is -0.385. The molecule has 1 aromatic rings. The molecule has 1 aliphatic heterocycles. The number of nitro benzene ring substituents is 1. The molecule has 1 unspecified atom stereocenters. The van der Waals surface area contributed by atoms with Crippen LogP contribution in [0.5, 0.6) is 0 Å². The maximum atomic E-state index is 13.7. The first kappa shape index (κ1) is 13.4. The first-order valence-corrected chi connectivity index (χ1v) is 5.90. The second-order valence-electron chi connectivity index (χ2n) is 4.47. The summed E-state index contributed by atoms with van der Waals surface area (Å²) in [5.74, 6) is -1.47. The van der Waals surface area contributed by atoms with Gasteiger partial charge >= 0.3 is 0 Å². The maximum Gasteiger partial charge on any atom is 0.272 e. The molecule has 1 aromatic carbocycles. The van der Waals surface area contributed by atoms with Crippen molar-refractivity contribution in [3.8, 4) is 0 Å². The molecule has 6 nitrogen and oxygen atoms in total. The second kappa shape index (κ2) is 5.31. The van der Waals surface area contributed by atoms with Crippen LogP contribution in [-0.4, -0.2) is 40.0 Å². The third-order valence-electron chi connectivity index (χ3n) is 3.08. The van der Waals surface area contributed by atoms with Gasteiger partial charge in [0, 0.05) is 19.2 Å². The quantitative estimate of drug-likeness (QED) is 0.648. The summed E-state index contributed by atoms with van der Waals surface area (Å²) in [6.45, 7) is 0.613. The molecule has 1 heterocycles. The molecule has 0 aliphatic carbocycles. The SMILES string of the molecule is O=C(c1ccc([N+](=O)[O-])cc1F)N1CCCC(O)C1. The minimum absolute atomic E-state index is 0.162. The molecule has 1 saturated heterocycles. The van der Waals surface area contributed by atoms with Gasteiger partial charge in [0.25, 0.3) is 11.6 Å². The van der Waals surface area contributed by atoms with Crippen LogP contribution in [0.1, 0.15) is 23.2 Å². The zero-order valence-corrected chi connectivity index (χ0v) is 10.1. The molecule has 1 fully saturated rings. The van der Waals surface area contributed by atoms with E-state index in [1.165, 1.54) is 4.90 Å². The summed E-state index contributed by atoms with van der Waals surface area (Å²) in [6, 6.07) is 2.93. The van der Waals surface area contributed by atoms with E-state index in [0.29, 0.717) is 19.4 Å². The number of nitro groups is 1. The fourth-order valence-electron chi connectivity index (χ4n) is 2.10. The average molecular weight is 268 g/mol. The first-order valence-electron chi connectivity index (χ1n) is 5.90. The lowest BCUT2D eigenvalue weighted by Crippen LogP contribution is -2.42. The summed E-state index contributed by atoms with van der Waals surface area (Å²) < 4.78 is 13.7. The van der Waals surface area contributed by atoms with Gasteiger partial charge in [-0.2, -0.15) is 0 Å². The van der Waals surface area contributed by atoms with Crippen molar-refractivity contribution < 1.29 is 19.2 Å². The number of carbonyl (C=O) groups is 1. The predicted molar refractivity (Wildman–Crippen MR) is 64.2 cm³/mol. The van der Waals surface area contributed by atoms with Crippen molar-refractivity contribution in [2.24, 2.45) is 0 Å². The lowest BCUT2D eigenvalue weighted by Gasteiger charge is -2.30. The molecule has 1 N–H and O–H groups in total. The van der Waals surface area contributed by atoms with Crippen LogP contribution >= 0.6 is 0 Å². The highest BCUT2D eigenvalue weighted by atomic mass is 19.1. The Bertz CT molecular complexity index is 520. The molecular weight excluding hydrogens is 255 g/mol. The van der Waals surface area contributed by atoms with Gasteiger partial charge in [-0.05, 0) is 18.9 Å². The van der Waals surface area contributed by atoms with Gasteiger partial charge in [-0.1, -0.05) is 0 Å². The average Bonchev–Trinajstić information content (AvgIpc) is 2.37. The Hall–Kier alpha value is -2.02. The van der Waals surface area contributed by atoms with Crippen molar-refractivity contribution in [1.29, 1.82) is 0 Å². The molecule has 2 rings (SSSR count). The zero-order chi connectivity index (χ0) is 14.0.